The molecule has 0 radical (unpaired) electrons. The van der Waals surface area contributed by atoms with Crippen LogP contribution < -0.4 is 5.32 Å². The molecule has 0 aromatic carbocycles. The molecule has 2 atom stereocenters. The summed E-state index contributed by atoms with van der Waals surface area (Å²) in [6.45, 7) is 1.07. The lowest BCUT2D eigenvalue weighted by Crippen LogP contribution is -2.56. The summed E-state index contributed by atoms with van der Waals surface area (Å²) < 4.78 is 0. The zero-order valence-electron chi connectivity index (χ0n) is 6.92. The van der Waals surface area contributed by atoms with Gasteiger partial charge in [0.2, 0.25) is 0 Å². The summed E-state index contributed by atoms with van der Waals surface area (Å²) >= 11 is 0. The Morgan fingerprint density at radius 1 is 1.58 bits per heavy atom. The molecule has 0 saturated carbocycles. The quantitative estimate of drug-likeness (QED) is 0.567. The summed E-state index contributed by atoms with van der Waals surface area (Å²) in [6, 6.07) is 0. The molecule has 0 aromatic rings. The lowest BCUT2D eigenvalue weighted by atomic mass is 9.76. The molecule has 3 nitrogen and oxygen atoms in total. The normalized spacial score (nSPS) is 39.5. The van der Waals surface area contributed by atoms with Crippen molar-refractivity contribution in [2.24, 2.45) is 5.92 Å². The number of aliphatic carboxylic acids is 1. The molecule has 1 aliphatic carbocycles. The number of carboxylic acids is 1. The molecular formula is C9H13NO2. The number of hydrogen-bond donors (Lipinski definition) is 2. The third kappa shape index (κ3) is 1.14. The molecule has 1 fully saturated rings. The predicted molar refractivity (Wildman–Crippen MR) is 44.9 cm³/mol. The molecule has 12 heavy (non-hydrogen) atoms. The van der Waals surface area contributed by atoms with E-state index in [0.29, 0.717) is 0 Å². The van der Waals surface area contributed by atoms with Crippen LogP contribution in [0.5, 0.6) is 0 Å². The van der Waals surface area contributed by atoms with Crippen LogP contribution in [0.15, 0.2) is 12.2 Å². The van der Waals surface area contributed by atoms with Gasteiger partial charge in [-0.25, -0.2) is 0 Å². The second-order valence-electron chi connectivity index (χ2n) is 3.68. The molecule has 0 bridgehead atoms. The number of carboxylic acid groups (broad SMARTS) is 1. The fraction of sp³-hybridized carbons (Fsp3) is 0.667. The third-order valence-corrected chi connectivity index (χ3v) is 2.91. The van der Waals surface area contributed by atoms with Crippen molar-refractivity contribution >= 4 is 5.97 Å². The van der Waals surface area contributed by atoms with E-state index in [1.807, 2.05) is 12.2 Å². The van der Waals surface area contributed by atoms with Crippen molar-refractivity contribution in [1.29, 1.82) is 0 Å². The first-order valence-electron chi connectivity index (χ1n) is 4.39. The van der Waals surface area contributed by atoms with Crippen molar-refractivity contribution in [2.45, 2.75) is 24.8 Å². The fourth-order valence-electron chi connectivity index (χ4n) is 1.90. The fourth-order valence-corrected chi connectivity index (χ4v) is 1.90. The van der Waals surface area contributed by atoms with Crippen LogP contribution in [-0.2, 0) is 4.79 Å². The van der Waals surface area contributed by atoms with Gasteiger partial charge in [-0.3, -0.25) is 4.79 Å². The van der Waals surface area contributed by atoms with E-state index >= 15 is 0 Å². The Morgan fingerprint density at radius 2 is 2.33 bits per heavy atom. The van der Waals surface area contributed by atoms with Crippen molar-refractivity contribution in [3.63, 3.8) is 0 Å². The molecule has 2 unspecified atom stereocenters. The number of hydrogen-bond acceptors (Lipinski definition) is 2. The maximum absolute atomic E-state index is 10.6. The molecule has 3 heteroatoms. The molecule has 2 N–H and O–H groups in total. The van der Waals surface area contributed by atoms with Crippen molar-refractivity contribution in [1.82, 2.24) is 5.32 Å². The molecule has 1 saturated heterocycles. The van der Waals surface area contributed by atoms with Gasteiger partial charge in [0, 0.05) is 5.54 Å². The van der Waals surface area contributed by atoms with Crippen LogP contribution in [0.4, 0.5) is 0 Å². The van der Waals surface area contributed by atoms with Crippen LogP contribution in [0.1, 0.15) is 19.3 Å². The van der Waals surface area contributed by atoms with Gasteiger partial charge in [0.05, 0.1) is 5.92 Å². The predicted octanol–water partition coefficient (Wildman–Crippen LogP) is 0.769. The van der Waals surface area contributed by atoms with Gasteiger partial charge in [0.1, 0.15) is 0 Å². The van der Waals surface area contributed by atoms with Gasteiger partial charge in [-0.2, -0.15) is 0 Å². The van der Waals surface area contributed by atoms with E-state index in [-0.39, 0.29) is 11.5 Å². The minimum atomic E-state index is -0.694. The highest BCUT2D eigenvalue weighted by Gasteiger charge is 2.37. The standard InChI is InChI=1S/C9H13NO2/c11-8(12)7-1-3-9(4-2-7)5-6-10-9/h1,3,7,10H,2,4-6H2,(H,11,12). The summed E-state index contributed by atoms with van der Waals surface area (Å²) in [5, 5.41) is 12.1. The van der Waals surface area contributed by atoms with Crippen LogP contribution in [0.25, 0.3) is 0 Å². The Bertz CT molecular complexity index is 231. The van der Waals surface area contributed by atoms with Gasteiger partial charge in [0.15, 0.2) is 0 Å². The molecule has 0 aromatic heterocycles. The van der Waals surface area contributed by atoms with Crippen LogP contribution in [-0.4, -0.2) is 23.2 Å². The third-order valence-electron chi connectivity index (χ3n) is 2.91. The van der Waals surface area contributed by atoms with Gasteiger partial charge in [-0.05, 0) is 25.8 Å². The Balaban J connectivity index is 2.04. The minimum Gasteiger partial charge on any atom is -0.481 e. The summed E-state index contributed by atoms with van der Waals surface area (Å²) in [5.41, 5.74) is 0.173. The lowest BCUT2D eigenvalue weighted by Gasteiger charge is -2.43. The zero-order valence-corrected chi connectivity index (χ0v) is 6.92. The summed E-state index contributed by atoms with van der Waals surface area (Å²) in [6.07, 6.45) is 6.78. The second-order valence-corrected chi connectivity index (χ2v) is 3.68. The largest absolute Gasteiger partial charge is 0.481 e. The molecule has 0 amide bonds. The van der Waals surface area contributed by atoms with Crippen molar-refractivity contribution in [3.8, 4) is 0 Å². The molecule has 66 valence electrons. The van der Waals surface area contributed by atoms with Crippen molar-refractivity contribution < 1.29 is 9.90 Å². The minimum absolute atomic E-state index is 0.173. The van der Waals surface area contributed by atoms with Gasteiger partial charge in [-0.1, -0.05) is 12.2 Å². The Hall–Kier alpha value is -0.830. The number of nitrogens with one attached hydrogen (secondary N) is 1. The topological polar surface area (TPSA) is 49.3 Å². The molecule has 2 rings (SSSR count). The van der Waals surface area contributed by atoms with Crippen molar-refractivity contribution in [3.05, 3.63) is 12.2 Å². The van der Waals surface area contributed by atoms with E-state index < -0.39 is 5.97 Å². The smallest absolute Gasteiger partial charge is 0.310 e. The molecule has 1 aliphatic heterocycles. The first kappa shape index (κ1) is 7.80. The van der Waals surface area contributed by atoms with E-state index in [0.717, 1.165) is 25.8 Å². The summed E-state index contributed by atoms with van der Waals surface area (Å²) in [4.78, 5) is 10.6. The summed E-state index contributed by atoms with van der Waals surface area (Å²) in [7, 11) is 0. The zero-order chi connectivity index (χ0) is 8.60. The lowest BCUT2D eigenvalue weighted by molar-refractivity contribution is -0.140. The van der Waals surface area contributed by atoms with E-state index in [9.17, 15) is 4.79 Å². The Labute approximate surface area is 71.5 Å². The summed E-state index contributed by atoms with van der Waals surface area (Å²) in [5.74, 6) is -0.946. The van der Waals surface area contributed by atoms with Gasteiger partial charge < -0.3 is 10.4 Å². The van der Waals surface area contributed by atoms with Gasteiger partial charge in [-0.15, -0.1) is 0 Å². The monoisotopic (exact) mass is 167 g/mol. The molecular weight excluding hydrogens is 154 g/mol. The first-order chi connectivity index (χ1) is 5.72. The highest BCUT2D eigenvalue weighted by molar-refractivity contribution is 5.72. The maximum atomic E-state index is 10.6. The number of rotatable bonds is 1. The Morgan fingerprint density at radius 3 is 2.67 bits per heavy atom. The number of carbonyl (C=O) groups is 1. The van der Waals surface area contributed by atoms with Gasteiger partial charge >= 0.3 is 5.97 Å². The Kier molecular flexibility index (Phi) is 1.68. The SMILES string of the molecule is O=C(O)C1C=CC2(CCN2)CC1. The maximum Gasteiger partial charge on any atom is 0.310 e. The van der Waals surface area contributed by atoms with E-state index in [2.05, 4.69) is 5.32 Å². The average molecular weight is 167 g/mol. The van der Waals surface area contributed by atoms with Crippen LogP contribution in [0.2, 0.25) is 0 Å². The molecule has 2 aliphatic rings. The average Bonchev–Trinajstić information content (AvgIpc) is 2.02. The van der Waals surface area contributed by atoms with Crippen LogP contribution >= 0.6 is 0 Å². The van der Waals surface area contributed by atoms with E-state index in [1.54, 1.807) is 0 Å². The van der Waals surface area contributed by atoms with Gasteiger partial charge in [0.25, 0.3) is 0 Å². The van der Waals surface area contributed by atoms with E-state index in [1.165, 1.54) is 0 Å². The molecule has 1 spiro atoms. The first-order valence-corrected chi connectivity index (χ1v) is 4.39. The molecule has 1 heterocycles. The van der Waals surface area contributed by atoms with E-state index in [4.69, 9.17) is 5.11 Å². The highest BCUT2D eigenvalue weighted by Crippen LogP contribution is 2.32. The highest BCUT2D eigenvalue weighted by atomic mass is 16.4. The second kappa shape index (κ2) is 2.59. The van der Waals surface area contributed by atoms with Crippen LogP contribution in [0, 0.1) is 5.92 Å². The van der Waals surface area contributed by atoms with Crippen LogP contribution in [0.3, 0.4) is 0 Å². The van der Waals surface area contributed by atoms with Crippen molar-refractivity contribution in [2.75, 3.05) is 6.54 Å².